The van der Waals surface area contributed by atoms with E-state index in [2.05, 4.69) is 0 Å². The van der Waals surface area contributed by atoms with Crippen LogP contribution in [0.15, 0.2) is 0 Å². The molecular weight excluding hydrogens is 342 g/mol. The van der Waals surface area contributed by atoms with Crippen LogP contribution in [0.25, 0.3) is 0 Å². The van der Waals surface area contributed by atoms with Crippen LogP contribution in [0.2, 0.25) is 0 Å². The molecule has 1 amide bonds. The third-order valence-electron chi connectivity index (χ3n) is 3.47. The van der Waals surface area contributed by atoms with Crippen LogP contribution in [0.4, 0.5) is 4.79 Å². The number of carboxylic acids is 1. The van der Waals surface area contributed by atoms with E-state index in [1.54, 1.807) is 41.5 Å². The van der Waals surface area contributed by atoms with E-state index < -0.39 is 23.8 Å². The monoisotopic (exact) mass is 375 g/mol. The van der Waals surface area contributed by atoms with Gasteiger partial charge in [-0.3, -0.25) is 4.79 Å². The molecule has 0 aromatic heterocycles. The summed E-state index contributed by atoms with van der Waals surface area (Å²) in [6.45, 7) is 10.9. The molecule has 0 fully saturated rings. The number of rotatable bonds is 11. The van der Waals surface area contributed by atoms with E-state index in [1.165, 1.54) is 4.90 Å². The van der Waals surface area contributed by atoms with E-state index >= 15 is 0 Å². The minimum absolute atomic E-state index is 0.126. The topological polar surface area (TPSA) is 102 Å². The van der Waals surface area contributed by atoms with Crippen LogP contribution in [0.3, 0.4) is 0 Å². The molecule has 0 rings (SSSR count). The first-order valence-corrected chi connectivity index (χ1v) is 9.01. The molecule has 0 radical (unpaired) electrons. The first-order chi connectivity index (χ1) is 12.0. The lowest BCUT2D eigenvalue weighted by Crippen LogP contribution is -2.48. The highest BCUT2D eigenvalue weighted by Gasteiger charge is 2.31. The normalized spacial score (nSPS) is 13.6. The van der Waals surface area contributed by atoms with E-state index in [4.69, 9.17) is 14.2 Å². The van der Waals surface area contributed by atoms with Gasteiger partial charge < -0.3 is 24.2 Å². The fourth-order valence-electron chi connectivity index (χ4n) is 2.27. The summed E-state index contributed by atoms with van der Waals surface area (Å²) in [7, 11) is 0. The SMILES string of the molecule is CCOC(=O)CCCC(C)N(CC(OCC)C(=O)O)C(=O)OC(C)(C)C. The van der Waals surface area contributed by atoms with Crippen molar-refractivity contribution in [1.29, 1.82) is 0 Å². The predicted molar refractivity (Wildman–Crippen MR) is 95.9 cm³/mol. The summed E-state index contributed by atoms with van der Waals surface area (Å²) in [6.07, 6.45) is -0.469. The van der Waals surface area contributed by atoms with Gasteiger partial charge in [0.2, 0.25) is 0 Å². The van der Waals surface area contributed by atoms with Crippen molar-refractivity contribution in [3.63, 3.8) is 0 Å². The summed E-state index contributed by atoms with van der Waals surface area (Å²) >= 11 is 0. The van der Waals surface area contributed by atoms with Crippen LogP contribution in [-0.4, -0.2) is 65.5 Å². The van der Waals surface area contributed by atoms with E-state index in [-0.39, 0.29) is 31.6 Å². The van der Waals surface area contributed by atoms with Crippen LogP contribution >= 0.6 is 0 Å². The Hall–Kier alpha value is -1.83. The highest BCUT2D eigenvalue weighted by molar-refractivity contribution is 5.74. The first-order valence-electron chi connectivity index (χ1n) is 9.01. The smallest absolute Gasteiger partial charge is 0.410 e. The fourth-order valence-corrected chi connectivity index (χ4v) is 2.27. The Bertz CT molecular complexity index is 459. The lowest BCUT2D eigenvalue weighted by molar-refractivity contribution is -0.151. The van der Waals surface area contributed by atoms with Crippen molar-refractivity contribution in [1.82, 2.24) is 4.90 Å². The summed E-state index contributed by atoms with van der Waals surface area (Å²) < 4.78 is 15.5. The number of nitrogens with zero attached hydrogens (tertiary/aromatic N) is 1. The first kappa shape index (κ1) is 24.2. The number of ether oxygens (including phenoxy) is 3. The van der Waals surface area contributed by atoms with Gasteiger partial charge in [0.1, 0.15) is 5.60 Å². The van der Waals surface area contributed by atoms with Gasteiger partial charge in [0, 0.05) is 19.1 Å². The Balaban J connectivity index is 5.02. The summed E-state index contributed by atoms with van der Waals surface area (Å²) in [4.78, 5) is 36.7. The van der Waals surface area contributed by atoms with Crippen molar-refractivity contribution in [2.45, 2.75) is 78.6 Å². The molecule has 0 aliphatic carbocycles. The molecule has 0 saturated carbocycles. The van der Waals surface area contributed by atoms with E-state index in [9.17, 15) is 19.5 Å². The molecule has 2 atom stereocenters. The molecule has 0 aliphatic heterocycles. The largest absolute Gasteiger partial charge is 0.479 e. The molecule has 8 heteroatoms. The Morgan fingerprint density at radius 1 is 1.12 bits per heavy atom. The van der Waals surface area contributed by atoms with Gasteiger partial charge in [-0.15, -0.1) is 0 Å². The van der Waals surface area contributed by atoms with Crippen molar-refractivity contribution in [2.75, 3.05) is 19.8 Å². The predicted octanol–water partition coefficient (Wildman–Crippen LogP) is 2.84. The number of esters is 1. The number of carbonyl (C=O) groups excluding carboxylic acids is 2. The molecule has 0 aromatic carbocycles. The van der Waals surface area contributed by atoms with Crippen LogP contribution < -0.4 is 0 Å². The average molecular weight is 375 g/mol. The lowest BCUT2D eigenvalue weighted by Gasteiger charge is -2.33. The highest BCUT2D eigenvalue weighted by Crippen LogP contribution is 2.16. The number of amides is 1. The minimum Gasteiger partial charge on any atom is -0.479 e. The number of carboxylic acid groups (broad SMARTS) is 1. The third-order valence-corrected chi connectivity index (χ3v) is 3.47. The van der Waals surface area contributed by atoms with Gasteiger partial charge in [0.15, 0.2) is 6.10 Å². The number of carbonyl (C=O) groups is 3. The molecule has 1 N–H and O–H groups in total. The molecule has 152 valence electrons. The summed E-state index contributed by atoms with van der Waals surface area (Å²) in [5.74, 6) is -1.43. The second-order valence-corrected chi connectivity index (χ2v) is 6.96. The Morgan fingerprint density at radius 2 is 1.73 bits per heavy atom. The Kier molecular flexibility index (Phi) is 10.9. The average Bonchev–Trinajstić information content (AvgIpc) is 2.49. The van der Waals surface area contributed by atoms with Gasteiger partial charge in [0.05, 0.1) is 13.2 Å². The Morgan fingerprint density at radius 3 is 2.19 bits per heavy atom. The fraction of sp³-hybridized carbons (Fsp3) is 0.833. The summed E-state index contributed by atoms with van der Waals surface area (Å²) in [5.41, 5.74) is -0.704. The van der Waals surface area contributed by atoms with Gasteiger partial charge in [-0.25, -0.2) is 9.59 Å². The summed E-state index contributed by atoms with van der Waals surface area (Å²) in [6, 6.07) is -0.318. The van der Waals surface area contributed by atoms with E-state index in [1.807, 2.05) is 0 Å². The maximum absolute atomic E-state index is 12.5. The zero-order chi connectivity index (χ0) is 20.3. The van der Waals surface area contributed by atoms with Crippen LogP contribution in [-0.2, 0) is 23.8 Å². The molecule has 0 spiro atoms. The second-order valence-electron chi connectivity index (χ2n) is 6.96. The van der Waals surface area contributed by atoms with E-state index in [0.29, 0.717) is 19.4 Å². The minimum atomic E-state index is -1.14. The van der Waals surface area contributed by atoms with Crippen molar-refractivity contribution in [3.8, 4) is 0 Å². The standard InChI is InChI=1S/C18H33NO7/c1-7-24-14(16(21)22)12-19(17(23)26-18(4,5)6)13(3)10-9-11-15(20)25-8-2/h13-14H,7-12H2,1-6H3,(H,21,22). The van der Waals surface area contributed by atoms with Gasteiger partial charge >= 0.3 is 18.0 Å². The molecule has 0 aliphatic rings. The lowest BCUT2D eigenvalue weighted by atomic mass is 10.1. The number of aliphatic carboxylic acids is 1. The molecule has 0 aromatic rings. The molecular formula is C18H33NO7. The van der Waals surface area contributed by atoms with Crippen LogP contribution in [0.1, 0.15) is 60.8 Å². The van der Waals surface area contributed by atoms with Crippen molar-refractivity contribution in [2.24, 2.45) is 0 Å². The van der Waals surface area contributed by atoms with E-state index in [0.717, 1.165) is 0 Å². The quantitative estimate of drug-likeness (QED) is 0.554. The summed E-state index contributed by atoms with van der Waals surface area (Å²) in [5, 5.41) is 9.29. The number of hydrogen-bond donors (Lipinski definition) is 1. The second kappa shape index (κ2) is 11.7. The zero-order valence-electron chi connectivity index (χ0n) is 16.7. The van der Waals surface area contributed by atoms with Crippen molar-refractivity contribution in [3.05, 3.63) is 0 Å². The number of hydrogen-bond acceptors (Lipinski definition) is 6. The van der Waals surface area contributed by atoms with Crippen molar-refractivity contribution >= 4 is 18.0 Å². The molecule has 26 heavy (non-hydrogen) atoms. The van der Waals surface area contributed by atoms with Crippen LogP contribution in [0, 0.1) is 0 Å². The Labute approximate surface area is 155 Å². The van der Waals surface area contributed by atoms with Gasteiger partial charge in [-0.05, 0) is 54.4 Å². The van der Waals surface area contributed by atoms with Crippen LogP contribution in [0.5, 0.6) is 0 Å². The van der Waals surface area contributed by atoms with Gasteiger partial charge in [-0.1, -0.05) is 0 Å². The molecule has 0 bridgehead atoms. The highest BCUT2D eigenvalue weighted by atomic mass is 16.6. The molecule has 0 saturated heterocycles. The molecule has 8 nitrogen and oxygen atoms in total. The molecule has 2 unspecified atom stereocenters. The van der Waals surface area contributed by atoms with Crippen molar-refractivity contribution < 1.29 is 33.7 Å². The third kappa shape index (κ3) is 10.2. The maximum Gasteiger partial charge on any atom is 0.410 e. The van der Waals surface area contributed by atoms with Gasteiger partial charge in [-0.2, -0.15) is 0 Å². The van der Waals surface area contributed by atoms with Gasteiger partial charge in [0.25, 0.3) is 0 Å². The molecule has 0 heterocycles. The zero-order valence-corrected chi connectivity index (χ0v) is 16.7. The maximum atomic E-state index is 12.5.